The molecule has 30 heavy (non-hydrogen) atoms. The number of rotatable bonds is 7. The molecular formula is C23H35FN2O3S. The van der Waals surface area contributed by atoms with Gasteiger partial charge in [0.15, 0.2) is 0 Å². The van der Waals surface area contributed by atoms with E-state index in [0.29, 0.717) is 25.6 Å². The van der Waals surface area contributed by atoms with Crippen molar-refractivity contribution in [3.8, 4) is 5.75 Å². The third-order valence-corrected chi connectivity index (χ3v) is 7.35. The number of likely N-dealkylation sites (tertiary alicyclic amines) is 1. The van der Waals surface area contributed by atoms with Crippen molar-refractivity contribution in [2.75, 3.05) is 39.0 Å². The maximum Gasteiger partial charge on any atom is 0.211 e. The van der Waals surface area contributed by atoms with Gasteiger partial charge >= 0.3 is 0 Å². The molecule has 0 bridgehead atoms. The van der Waals surface area contributed by atoms with E-state index >= 15 is 0 Å². The molecule has 1 fully saturated rings. The van der Waals surface area contributed by atoms with E-state index in [9.17, 15) is 12.8 Å². The number of halogens is 1. The van der Waals surface area contributed by atoms with E-state index in [1.165, 1.54) is 16.1 Å². The molecule has 2 heterocycles. The molecule has 1 unspecified atom stereocenters. The molecule has 0 spiro atoms. The molecule has 1 aromatic carbocycles. The molecule has 1 aromatic rings. The number of piperidine rings is 1. The molecule has 0 saturated carbocycles. The quantitative estimate of drug-likeness (QED) is 0.647. The van der Waals surface area contributed by atoms with Gasteiger partial charge in [-0.1, -0.05) is 18.2 Å². The van der Waals surface area contributed by atoms with Crippen LogP contribution >= 0.6 is 0 Å². The molecule has 1 saturated heterocycles. The Morgan fingerprint density at radius 2 is 1.80 bits per heavy atom. The van der Waals surface area contributed by atoms with Crippen molar-refractivity contribution < 1.29 is 17.5 Å². The van der Waals surface area contributed by atoms with Gasteiger partial charge in [0.1, 0.15) is 11.4 Å². The molecule has 5 nitrogen and oxygen atoms in total. The highest BCUT2D eigenvalue weighted by atomic mass is 32.2. The fourth-order valence-electron chi connectivity index (χ4n) is 4.38. The van der Waals surface area contributed by atoms with Gasteiger partial charge in [0, 0.05) is 19.6 Å². The van der Waals surface area contributed by atoms with E-state index in [2.05, 4.69) is 24.0 Å². The third kappa shape index (κ3) is 6.53. The zero-order valence-corrected chi connectivity index (χ0v) is 19.4. The van der Waals surface area contributed by atoms with Crippen molar-refractivity contribution in [3.63, 3.8) is 0 Å². The molecule has 0 N–H and O–H groups in total. The van der Waals surface area contributed by atoms with Crippen LogP contribution in [0.15, 0.2) is 30.3 Å². The Hall–Kier alpha value is -1.44. The second kappa shape index (κ2) is 9.37. The van der Waals surface area contributed by atoms with Gasteiger partial charge in [-0.15, -0.1) is 0 Å². The van der Waals surface area contributed by atoms with Crippen LogP contribution in [-0.4, -0.2) is 68.4 Å². The van der Waals surface area contributed by atoms with E-state index < -0.39 is 15.7 Å². The minimum atomic E-state index is -3.13. The summed E-state index contributed by atoms with van der Waals surface area (Å²) in [7, 11) is -3.13. The van der Waals surface area contributed by atoms with Crippen molar-refractivity contribution in [3.05, 3.63) is 35.9 Å². The summed E-state index contributed by atoms with van der Waals surface area (Å²) >= 11 is 0. The standard InChI is InChI=1S/C23H35FN2O3S/c1-18(19-9-13-25(14-10-19)17-23(2,3)24)29-22-7-5-20(6-8-22)21-11-15-26(16-12-21)30(4,27)28/h5-8,11,18-19H,9-10,12-17H2,1-4H3. The Balaban J connectivity index is 1.51. The van der Waals surface area contributed by atoms with Crippen LogP contribution in [-0.2, 0) is 10.0 Å². The molecule has 2 aliphatic heterocycles. The Kier molecular flexibility index (Phi) is 7.25. The molecule has 1 atom stereocenters. The van der Waals surface area contributed by atoms with E-state index in [1.54, 1.807) is 13.8 Å². The first-order chi connectivity index (χ1) is 14.0. The number of hydrogen-bond acceptors (Lipinski definition) is 4. The minimum Gasteiger partial charge on any atom is -0.490 e. The van der Waals surface area contributed by atoms with Gasteiger partial charge in [-0.25, -0.2) is 12.8 Å². The van der Waals surface area contributed by atoms with Gasteiger partial charge in [0.2, 0.25) is 10.0 Å². The Morgan fingerprint density at radius 1 is 1.17 bits per heavy atom. The summed E-state index contributed by atoms with van der Waals surface area (Å²) in [6, 6.07) is 8.10. The normalized spacial score (nSPS) is 21.3. The Labute approximate surface area is 180 Å². The highest BCUT2D eigenvalue weighted by Crippen LogP contribution is 2.28. The number of ether oxygens (including phenoxy) is 1. The molecular weight excluding hydrogens is 403 g/mol. The van der Waals surface area contributed by atoms with Crippen LogP contribution in [0.1, 0.15) is 45.6 Å². The molecule has 0 amide bonds. The van der Waals surface area contributed by atoms with Crippen molar-refractivity contribution >= 4 is 15.6 Å². The molecule has 3 rings (SSSR count). The van der Waals surface area contributed by atoms with Gasteiger partial charge in [-0.05, 0) is 82.3 Å². The lowest BCUT2D eigenvalue weighted by molar-refractivity contribution is 0.0592. The summed E-state index contributed by atoms with van der Waals surface area (Å²) in [5.41, 5.74) is 1.15. The zero-order chi connectivity index (χ0) is 21.9. The molecule has 2 aliphatic rings. The van der Waals surface area contributed by atoms with Crippen molar-refractivity contribution in [1.29, 1.82) is 0 Å². The average Bonchev–Trinajstić information content (AvgIpc) is 2.67. The van der Waals surface area contributed by atoms with E-state index in [0.717, 1.165) is 43.7 Å². The van der Waals surface area contributed by atoms with Crippen molar-refractivity contribution in [2.24, 2.45) is 5.92 Å². The summed E-state index contributed by atoms with van der Waals surface area (Å²) in [5, 5.41) is 0. The highest BCUT2D eigenvalue weighted by Gasteiger charge is 2.28. The molecule has 0 radical (unpaired) electrons. The van der Waals surface area contributed by atoms with Crippen LogP contribution in [0.25, 0.3) is 5.57 Å². The van der Waals surface area contributed by atoms with Crippen LogP contribution in [0.5, 0.6) is 5.75 Å². The monoisotopic (exact) mass is 438 g/mol. The molecule has 0 aromatic heterocycles. The van der Waals surface area contributed by atoms with Crippen LogP contribution in [0.2, 0.25) is 0 Å². The smallest absolute Gasteiger partial charge is 0.211 e. The van der Waals surface area contributed by atoms with Crippen molar-refractivity contribution in [2.45, 2.75) is 51.8 Å². The highest BCUT2D eigenvalue weighted by molar-refractivity contribution is 7.88. The SMILES string of the molecule is CC(Oc1ccc(C2=CCN(S(C)(=O)=O)CC2)cc1)C1CCN(CC(C)(C)F)CC1. The van der Waals surface area contributed by atoms with E-state index in [4.69, 9.17) is 4.74 Å². The summed E-state index contributed by atoms with van der Waals surface area (Å²) in [4.78, 5) is 2.21. The van der Waals surface area contributed by atoms with E-state index in [1.807, 2.05) is 18.2 Å². The number of nitrogens with zero attached hydrogens (tertiary/aromatic N) is 2. The van der Waals surface area contributed by atoms with Gasteiger partial charge in [-0.2, -0.15) is 4.31 Å². The topological polar surface area (TPSA) is 49.9 Å². The molecule has 168 valence electrons. The van der Waals surface area contributed by atoms with Crippen LogP contribution in [0.4, 0.5) is 4.39 Å². The average molecular weight is 439 g/mol. The fraction of sp³-hybridized carbons (Fsp3) is 0.652. The Bertz CT molecular complexity index is 838. The first kappa shape index (κ1) is 23.2. The van der Waals surface area contributed by atoms with Gasteiger partial charge < -0.3 is 9.64 Å². The number of hydrogen-bond donors (Lipinski definition) is 0. The zero-order valence-electron chi connectivity index (χ0n) is 18.6. The summed E-state index contributed by atoms with van der Waals surface area (Å²) in [6.45, 7) is 8.69. The minimum absolute atomic E-state index is 0.119. The summed E-state index contributed by atoms with van der Waals surface area (Å²) in [6.07, 6.45) is 6.14. The fourth-order valence-corrected chi connectivity index (χ4v) is 5.15. The van der Waals surface area contributed by atoms with Gasteiger partial charge in [0.25, 0.3) is 0 Å². The maximum absolute atomic E-state index is 13.9. The van der Waals surface area contributed by atoms with Gasteiger partial charge in [-0.3, -0.25) is 0 Å². The second-order valence-electron chi connectivity index (χ2n) is 9.28. The lowest BCUT2D eigenvalue weighted by Crippen LogP contribution is -2.43. The van der Waals surface area contributed by atoms with Crippen LogP contribution in [0, 0.1) is 5.92 Å². The lowest BCUT2D eigenvalue weighted by atomic mass is 9.91. The predicted octanol–water partition coefficient (Wildman–Crippen LogP) is 3.96. The van der Waals surface area contributed by atoms with Crippen LogP contribution < -0.4 is 4.74 Å². The Morgan fingerprint density at radius 3 is 2.30 bits per heavy atom. The number of alkyl halides is 1. The summed E-state index contributed by atoms with van der Waals surface area (Å²) < 4.78 is 44.8. The maximum atomic E-state index is 13.9. The number of benzene rings is 1. The first-order valence-electron chi connectivity index (χ1n) is 10.8. The largest absolute Gasteiger partial charge is 0.490 e. The molecule has 7 heteroatoms. The van der Waals surface area contributed by atoms with Gasteiger partial charge in [0.05, 0.1) is 12.4 Å². The number of sulfonamides is 1. The first-order valence-corrected chi connectivity index (χ1v) is 12.7. The second-order valence-corrected chi connectivity index (χ2v) is 11.3. The summed E-state index contributed by atoms with van der Waals surface area (Å²) in [5.74, 6) is 1.33. The lowest BCUT2D eigenvalue weighted by Gasteiger charge is -2.36. The predicted molar refractivity (Wildman–Crippen MR) is 120 cm³/mol. The van der Waals surface area contributed by atoms with Crippen LogP contribution in [0.3, 0.4) is 0 Å². The molecule has 0 aliphatic carbocycles. The van der Waals surface area contributed by atoms with Crippen molar-refractivity contribution in [1.82, 2.24) is 9.21 Å². The van der Waals surface area contributed by atoms with E-state index in [-0.39, 0.29) is 6.10 Å². The third-order valence-electron chi connectivity index (χ3n) is 6.08.